The largest absolute Gasteiger partial charge is 0.756 e. The standard InChI is InChI=1S/C66H135N2O6P/c1-6-8-10-12-14-16-18-20-22-24-26-28-30-32-33-34-36-38-40-42-44-46-48-50-52-54-56-58-60-66(70)67-64(63-74-75(71,72)73-62-61-68(3,4)5)65(69)59-57-55-53-51-49-47-45-43-41-39-37-35-31-29-27-25-23-21-19-17-15-13-11-9-7-2/h64-65,69H,6-63H2,1-5H3,(H-,67,70,71,72). The molecule has 0 heterocycles. The van der Waals surface area contributed by atoms with E-state index >= 15 is 0 Å². The first-order valence-corrected chi connectivity index (χ1v) is 35.3. The van der Waals surface area contributed by atoms with E-state index in [1.54, 1.807) is 0 Å². The number of amides is 1. The van der Waals surface area contributed by atoms with Crippen molar-refractivity contribution in [3.63, 3.8) is 0 Å². The first kappa shape index (κ1) is 74.5. The Morgan fingerprint density at radius 1 is 0.413 bits per heavy atom. The molecule has 9 heteroatoms. The van der Waals surface area contributed by atoms with Gasteiger partial charge in [-0.2, -0.15) is 0 Å². The average molecular weight is 1080 g/mol. The minimum Gasteiger partial charge on any atom is -0.756 e. The number of aliphatic hydroxyl groups is 1. The number of rotatable bonds is 64. The van der Waals surface area contributed by atoms with Gasteiger partial charge in [-0.3, -0.25) is 9.36 Å². The van der Waals surface area contributed by atoms with Gasteiger partial charge in [0, 0.05) is 6.42 Å². The van der Waals surface area contributed by atoms with Crippen LogP contribution in [0.25, 0.3) is 0 Å². The molecule has 2 N–H and O–H groups in total. The summed E-state index contributed by atoms with van der Waals surface area (Å²) in [5.74, 6) is -0.154. The number of nitrogens with one attached hydrogen (secondary N) is 1. The Kier molecular flexibility index (Phi) is 57.8. The first-order chi connectivity index (χ1) is 36.5. The van der Waals surface area contributed by atoms with Crippen molar-refractivity contribution in [2.45, 2.75) is 379 Å². The molecule has 0 aliphatic rings. The summed E-state index contributed by atoms with van der Waals surface area (Å²) in [7, 11) is 1.33. The van der Waals surface area contributed by atoms with E-state index in [-0.39, 0.29) is 19.1 Å². The number of phosphoric acid groups is 1. The van der Waals surface area contributed by atoms with Gasteiger partial charge >= 0.3 is 0 Å². The summed E-state index contributed by atoms with van der Waals surface area (Å²) in [5.41, 5.74) is 0. The predicted molar refractivity (Wildman–Crippen MR) is 326 cm³/mol. The Balaban J connectivity index is 4.01. The number of aliphatic hydroxyl groups excluding tert-OH is 1. The van der Waals surface area contributed by atoms with Crippen molar-refractivity contribution in [2.75, 3.05) is 40.9 Å². The Labute approximate surface area is 470 Å². The number of hydrogen-bond donors (Lipinski definition) is 2. The maximum absolute atomic E-state index is 13.0. The molecule has 0 aromatic rings. The number of hydrogen-bond acceptors (Lipinski definition) is 6. The van der Waals surface area contributed by atoms with E-state index in [4.69, 9.17) is 9.05 Å². The summed E-state index contributed by atoms with van der Waals surface area (Å²) in [6, 6.07) is -0.796. The van der Waals surface area contributed by atoms with Crippen molar-refractivity contribution in [3.8, 4) is 0 Å². The van der Waals surface area contributed by atoms with Crippen LogP contribution in [-0.2, 0) is 18.4 Å². The number of nitrogens with zero attached hydrogens (tertiary/aromatic N) is 1. The van der Waals surface area contributed by atoms with Crippen molar-refractivity contribution in [1.82, 2.24) is 5.32 Å². The molecule has 0 spiro atoms. The quantitative estimate of drug-likeness (QED) is 0.0357. The van der Waals surface area contributed by atoms with E-state index in [1.165, 1.54) is 302 Å². The molecule has 0 saturated heterocycles. The van der Waals surface area contributed by atoms with E-state index in [9.17, 15) is 19.4 Å². The molecule has 8 nitrogen and oxygen atoms in total. The third kappa shape index (κ3) is 61.0. The highest BCUT2D eigenvalue weighted by molar-refractivity contribution is 7.45. The maximum atomic E-state index is 13.0. The highest BCUT2D eigenvalue weighted by Crippen LogP contribution is 2.38. The number of carbonyl (C=O) groups is 1. The second kappa shape index (κ2) is 58.2. The van der Waals surface area contributed by atoms with Gasteiger partial charge in [-0.25, -0.2) is 0 Å². The molecule has 0 rings (SSSR count). The zero-order chi connectivity index (χ0) is 54.9. The summed E-state index contributed by atoms with van der Waals surface area (Å²) in [4.78, 5) is 25.6. The topological polar surface area (TPSA) is 108 Å². The molecule has 0 aliphatic carbocycles. The molecule has 0 aromatic carbocycles. The van der Waals surface area contributed by atoms with Crippen LogP contribution >= 0.6 is 7.82 Å². The van der Waals surface area contributed by atoms with E-state index in [2.05, 4.69) is 19.2 Å². The lowest BCUT2D eigenvalue weighted by Crippen LogP contribution is -2.46. The Morgan fingerprint density at radius 2 is 0.653 bits per heavy atom. The van der Waals surface area contributed by atoms with Gasteiger partial charge in [0.25, 0.3) is 7.82 Å². The van der Waals surface area contributed by atoms with Crippen molar-refractivity contribution in [3.05, 3.63) is 0 Å². The second-order valence-corrected chi connectivity index (χ2v) is 26.3. The van der Waals surface area contributed by atoms with Crippen LogP contribution < -0.4 is 10.2 Å². The van der Waals surface area contributed by atoms with Gasteiger partial charge in [-0.15, -0.1) is 0 Å². The smallest absolute Gasteiger partial charge is 0.268 e. The molecule has 3 unspecified atom stereocenters. The first-order valence-electron chi connectivity index (χ1n) is 33.9. The Bertz CT molecular complexity index is 1180. The van der Waals surface area contributed by atoms with Gasteiger partial charge in [0.2, 0.25) is 5.91 Å². The van der Waals surface area contributed by atoms with E-state index in [1.807, 2.05) is 21.1 Å². The summed E-state index contributed by atoms with van der Waals surface area (Å²) >= 11 is 0. The van der Waals surface area contributed by atoms with E-state index < -0.39 is 20.0 Å². The van der Waals surface area contributed by atoms with Crippen LogP contribution in [0, 0.1) is 0 Å². The minimum atomic E-state index is -4.57. The van der Waals surface area contributed by atoms with Crippen LogP contribution in [0.2, 0.25) is 0 Å². The van der Waals surface area contributed by atoms with Crippen LogP contribution in [-0.4, -0.2) is 68.5 Å². The zero-order valence-corrected chi connectivity index (χ0v) is 52.4. The average Bonchev–Trinajstić information content (AvgIpc) is 3.37. The summed E-state index contributed by atoms with van der Waals surface area (Å²) in [6.45, 7) is 4.80. The number of likely N-dealkylation sites (N-methyl/N-ethyl adjacent to an activating group) is 1. The van der Waals surface area contributed by atoms with E-state index in [0.717, 1.165) is 38.5 Å². The zero-order valence-electron chi connectivity index (χ0n) is 51.5. The predicted octanol–water partition coefficient (Wildman–Crippen LogP) is 20.5. The lowest BCUT2D eigenvalue weighted by Gasteiger charge is -2.30. The van der Waals surface area contributed by atoms with Crippen molar-refractivity contribution in [1.29, 1.82) is 0 Å². The van der Waals surface area contributed by atoms with Crippen molar-refractivity contribution < 1.29 is 32.9 Å². The van der Waals surface area contributed by atoms with Gasteiger partial charge in [0.15, 0.2) is 0 Å². The summed E-state index contributed by atoms with van der Waals surface area (Å²) in [6.07, 6.45) is 71.7. The third-order valence-electron chi connectivity index (χ3n) is 16.1. The number of carbonyl (C=O) groups excluding carboxylic acids is 1. The number of quaternary nitrogens is 1. The van der Waals surface area contributed by atoms with Gasteiger partial charge in [0.05, 0.1) is 39.9 Å². The summed E-state index contributed by atoms with van der Waals surface area (Å²) < 4.78 is 23.5. The monoisotopic (exact) mass is 1080 g/mol. The molecule has 3 atom stereocenters. The third-order valence-corrected chi connectivity index (χ3v) is 17.1. The minimum absolute atomic E-state index is 0.0169. The fourth-order valence-electron chi connectivity index (χ4n) is 10.8. The van der Waals surface area contributed by atoms with Crippen LogP contribution in [0.3, 0.4) is 0 Å². The van der Waals surface area contributed by atoms with E-state index in [0.29, 0.717) is 23.9 Å². The fraction of sp³-hybridized carbons (Fsp3) is 0.985. The molecule has 0 radical (unpaired) electrons. The van der Waals surface area contributed by atoms with Crippen LogP contribution in [0.5, 0.6) is 0 Å². The molecule has 0 aliphatic heterocycles. The van der Waals surface area contributed by atoms with Gasteiger partial charge in [-0.1, -0.05) is 348 Å². The normalized spacial score (nSPS) is 13.6. The lowest BCUT2D eigenvalue weighted by atomic mass is 10.0. The fourth-order valence-corrected chi connectivity index (χ4v) is 11.5. The SMILES string of the molecule is CCCCCCCCCCCCCCCCCCCCCCCCCCCCCCC(=O)NC(COP(=O)([O-])OCC[N+](C)(C)C)C(O)CCCCCCCCCCCCCCCCCCCCCCCCCCC. The Morgan fingerprint density at radius 3 is 0.907 bits per heavy atom. The molecule has 75 heavy (non-hydrogen) atoms. The number of phosphoric ester groups is 1. The molecule has 0 bridgehead atoms. The van der Waals surface area contributed by atoms with Crippen molar-refractivity contribution in [2.24, 2.45) is 0 Å². The van der Waals surface area contributed by atoms with Gasteiger partial charge < -0.3 is 28.8 Å². The highest BCUT2D eigenvalue weighted by atomic mass is 31.2. The molecule has 0 fully saturated rings. The molecular weight excluding hydrogens is 948 g/mol. The second-order valence-electron chi connectivity index (χ2n) is 24.9. The molecular formula is C66H135N2O6P. The van der Waals surface area contributed by atoms with Crippen LogP contribution in [0.15, 0.2) is 0 Å². The van der Waals surface area contributed by atoms with Crippen LogP contribution in [0.4, 0.5) is 0 Å². The number of unbranched alkanes of at least 4 members (excludes halogenated alkanes) is 51. The lowest BCUT2D eigenvalue weighted by molar-refractivity contribution is -0.870. The maximum Gasteiger partial charge on any atom is 0.268 e. The molecule has 1 amide bonds. The van der Waals surface area contributed by atoms with Gasteiger partial charge in [0.1, 0.15) is 13.2 Å². The molecule has 450 valence electrons. The van der Waals surface area contributed by atoms with Gasteiger partial charge in [-0.05, 0) is 12.8 Å². The summed E-state index contributed by atoms with van der Waals surface area (Å²) in [5, 5.41) is 14.1. The Hall–Kier alpha value is -0.500. The molecule has 0 aromatic heterocycles. The van der Waals surface area contributed by atoms with Crippen LogP contribution in [0.1, 0.15) is 367 Å². The highest BCUT2D eigenvalue weighted by Gasteiger charge is 2.24. The molecule has 0 saturated carbocycles. The van der Waals surface area contributed by atoms with Crippen molar-refractivity contribution >= 4 is 13.7 Å².